The number of amides is 3. The Hall–Kier alpha value is -8.74. The highest BCUT2D eigenvalue weighted by molar-refractivity contribution is 8.76. The number of carbonyl (C=O) groups is 8. The molecule has 16 atom stereocenters. The van der Waals surface area contributed by atoms with Crippen LogP contribution in [0.4, 0.5) is 10.5 Å². The predicted molar refractivity (Wildman–Crippen MR) is 458 cm³/mol. The number of likely N-dealkylation sites (N-methyl/N-ethyl adjacent to an activating group) is 1. The van der Waals surface area contributed by atoms with E-state index in [1.165, 1.54) is 16.4 Å². The van der Waals surface area contributed by atoms with E-state index in [0.717, 1.165) is 88.5 Å². The fourth-order valence-electron chi connectivity index (χ4n) is 20.6. The fraction of sp³-hybridized carbons (Fsp3) is 0.596. The predicted octanol–water partition coefficient (Wildman–Crippen LogP) is 7.26. The summed E-state index contributed by atoms with van der Waals surface area (Å²) in [6, 6.07) is 17.2. The van der Waals surface area contributed by atoms with Gasteiger partial charge in [0.2, 0.25) is 11.8 Å². The van der Waals surface area contributed by atoms with Crippen molar-refractivity contribution in [2.24, 2.45) is 17.3 Å². The van der Waals surface area contributed by atoms with Crippen molar-refractivity contribution in [2.45, 2.75) is 233 Å². The minimum atomic E-state index is -2.46. The van der Waals surface area contributed by atoms with E-state index in [0.29, 0.717) is 113 Å². The number of carbonyl (C=O) groups excluding carboxylic acids is 6. The quantitative estimate of drug-likeness (QED) is 0.00778. The van der Waals surface area contributed by atoms with Crippen LogP contribution in [-0.4, -0.2) is 262 Å². The number of hydrogen-bond donors (Lipinski definition) is 12. The summed E-state index contributed by atoms with van der Waals surface area (Å²) in [5.74, 6) is -5.22. The van der Waals surface area contributed by atoms with Crippen LogP contribution in [0.2, 0.25) is 0 Å². The number of carboxylic acid groups (broad SMARTS) is 2. The van der Waals surface area contributed by atoms with Crippen molar-refractivity contribution >= 4 is 96.5 Å². The molecular weight excluding hydrogens is 1610 g/mol. The molecule has 3 saturated heterocycles. The van der Waals surface area contributed by atoms with Gasteiger partial charge in [0, 0.05) is 152 Å². The second kappa shape index (κ2) is 39.2. The Morgan fingerprint density at radius 1 is 0.820 bits per heavy atom. The number of aliphatic carboxylic acids is 2. The van der Waals surface area contributed by atoms with Crippen LogP contribution in [0.25, 0.3) is 22.1 Å². The van der Waals surface area contributed by atoms with E-state index in [1.807, 2.05) is 55.3 Å². The molecule has 3 aromatic heterocycles. The number of carboxylic acids is 2. The normalized spacial score (nSPS) is 27.6. The average Bonchev–Trinajstić information content (AvgIpc) is 1.63. The molecule has 2 bridgehead atoms. The van der Waals surface area contributed by atoms with Crippen LogP contribution >= 0.6 is 21.6 Å². The zero-order chi connectivity index (χ0) is 87.0. The SMILES string of the molecule is CC[C@]1(O)C[C@H]2CN(CCc3c([nH]c4ccccc34)[C@@](C)(c3cc4c(cc3OC)N(C)[C@H]3[C@@](O)(C(=O)CNC(=O)OCCSSC[C@@H](CC(=O)[C@H](CNC(=O)CCCCCCCCOC5C[C@@H](O)C(O)C(C(=O)O)O5)NC(=O)CCCCC(=O)c5ccc(CCc6cnc7nc(C)[nH]c(=O)c7n6)cc5)C(=O)O)[C@H](O)[C@]5(CC)C=CCN6CC[C@]43[C@@H]65)C2)C1. The summed E-state index contributed by atoms with van der Waals surface area (Å²) in [6.45, 7) is 10.4. The van der Waals surface area contributed by atoms with Gasteiger partial charge in [-0.2, -0.15) is 0 Å². The highest BCUT2D eigenvalue weighted by Crippen LogP contribution is 2.68. The van der Waals surface area contributed by atoms with Crippen molar-refractivity contribution in [1.82, 2.24) is 50.7 Å². The van der Waals surface area contributed by atoms with Gasteiger partial charge in [0.05, 0.1) is 49.2 Å². The number of ketones is 3. The number of para-hydroxylation sites is 1. The highest BCUT2D eigenvalue weighted by atomic mass is 33.1. The molecule has 13 rings (SSSR count). The molecule has 0 radical (unpaired) electrons. The molecule has 33 heteroatoms. The first kappa shape index (κ1) is 91.0. The summed E-state index contributed by atoms with van der Waals surface area (Å²) >= 11 is 0. The molecule has 122 heavy (non-hydrogen) atoms. The van der Waals surface area contributed by atoms with Crippen LogP contribution in [0.5, 0.6) is 5.75 Å². The molecule has 4 fully saturated rings. The van der Waals surface area contributed by atoms with E-state index in [2.05, 4.69) is 88.8 Å². The lowest BCUT2D eigenvalue weighted by Crippen LogP contribution is -2.81. The highest BCUT2D eigenvalue weighted by Gasteiger charge is 2.78. The Kier molecular flexibility index (Phi) is 29.2. The van der Waals surface area contributed by atoms with Crippen molar-refractivity contribution in [3.05, 3.63) is 134 Å². The third kappa shape index (κ3) is 19.2. The van der Waals surface area contributed by atoms with Crippen molar-refractivity contribution in [1.29, 1.82) is 0 Å². The maximum Gasteiger partial charge on any atom is 0.407 e. The molecule has 9 heterocycles. The maximum absolute atomic E-state index is 15.4. The Labute approximate surface area is 716 Å². The number of rotatable bonds is 40. The standard InChI is InChI=1S/C89H117N11O20S2/c1-7-86(115)45-54-44-85(4,76-59(31-35-99(49-54)51-86)58-20-14-15-21-62(58)97-76)61-41-60-64(42-68(61)117-6)98(5)82-88(60)33-36-100-34-19-32-87(8-2,81(88)100)83(113)89(82,116)69(104)48-92-84(114)119-38-39-121-122-50-56(79(109)110)40-66(102)63(47-90-70(105)23-13-11-9-10-12-18-37-118-72-43-67(103)74(107)75(120-72)80(111)112)96-71(106)24-17-16-22-65(101)55-28-25-53(26-29-55)27-30-57-46-91-77-73(95-57)78(108)94-52(3)93-77/h14-15,19-21,25-26,28-29,32,41-42,46,54,56,63,67,72,74-75,81-83,97,103,107,113,115-116H,7-13,16-18,22-24,27,30-31,33-40,43-45,47-51H2,1-6H3,(H,90,105)(H,92,114)(H,96,106)(H,109,110)(H,111,112)(H,91,93,94,108)/t54-,56+,63-,67+,72?,74?,75?,81-,82+,83+,85+,86-,87+,88+,89-/m0/s1. The topological polar surface area (TPSA) is 448 Å². The van der Waals surface area contributed by atoms with E-state index in [-0.39, 0.29) is 97.8 Å². The van der Waals surface area contributed by atoms with E-state index in [4.69, 9.17) is 18.9 Å². The van der Waals surface area contributed by atoms with Crippen LogP contribution in [0.1, 0.15) is 186 Å². The molecule has 12 N–H and O–H groups in total. The molecule has 4 unspecified atom stereocenters. The lowest BCUT2D eigenvalue weighted by atomic mass is 9.47. The van der Waals surface area contributed by atoms with Crippen molar-refractivity contribution in [3.63, 3.8) is 0 Å². The number of fused-ring (bicyclic) bond motifs is 7. The number of unbranched alkanes of at least 4 members (excludes halogenated alkanes) is 6. The summed E-state index contributed by atoms with van der Waals surface area (Å²) in [7, 11) is 5.82. The van der Waals surface area contributed by atoms with Crippen LogP contribution in [-0.2, 0) is 73.1 Å². The van der Waals surface area contributed by atoms with Crippen LogP contribution in [0.3, 0.4) is 0 Å². The summed E-state index contributed by atoms with van der Waals surface area (Å²) < 4.78 is 23.0. The molecule has 7 aliphatic rings. The Morgan fingerprint density at radius 3 is 2.32 bits per heavy atom. The molecule has 6 aromatic rings. The molecule has 660 valence electrons. The number of anilines is 1. The number of aliphatic hydroxyl groups is 5. The minimum absolute atomic E-state index is 0.0721. The first-order valence-electron chi connectivity index (χ1n) is 43.0. The smallest absolute Gasteiger partial charge is 0.407 e. The molecule has 6 aliphatic heterocycles. The number of aromatic nitrogens is 5. The molecule has 1 saturated carbocycles. The number of benzene rings is 3. The van der Waals surface area contributed by atoms with E-state index < -0.39 is 131 Å². The summed E-state index contributed by atoms with van der Waals surface area (Å²) in [5, 5.41) is 87.9. The van der Waals surface area contributed by atoms with Gasteiger partial charge in [-0.05, 0) is 132 Å². The fourth-order valence-corrected chi connectivity index (χ4v) is 22.7. The number of aryl methyl sites for hydroxylation is 3. The first-order chi connectivity index (χ1) is 58.5. The van der Waals surface area contributed by atoms with Gasteiger partial charge in [0.15, 0.2) is 46.5 Å². The van der Waals surface area contributed by atoms with Crippen molar-refractivity contribution in [2.75, 3.05) is 89.6 Å². The lowest BCUT2D eigenvalue weighted by Gasteiger charge is -2.63. The summed E-state index contributed by atoms with van der Waals surface area (Å²) in [6.07, 6.45) is 6.51. The third-order valence-electron chi connectivity index (χ3n) is 26.7. The lowest BCUT2D eigenvalue weighted by molar-refractivity contribution is -0.252. The molecular formula is C89H117N11O20S2. The van der Waals surface area contributed by atoms with Crippen LogP contribution in [0.15, 0.2) is 83.8 Å². The van der Waals surface area contributed by atoms with Gasteiger partial charge in [-0.3, -0.25) is 43.4 Å². The number of alkyl carbamates (subject to hydrolysis) is 1. The van der Waals surface area contributed by atoms with E-state index in [9.17, 15) is 74.1 Å². The van der Waals surface area contributed by atoms with Crippen LogP contribution in [0, 0.1) is 24.2 Å². The molecule has 1 spiro atoms. The zero-order valence-electron chi connectivity index (χ0n) is 70.3. The van der Waals surface area contributed by atoms with Gasteiger partial charge in [-0.25, -0.2) is 24.5 Å². The molecule has 3 aromatic carbocycles. The van der Waals surface area contributed by atoms with Crippen molar-refractivity contribution in [3.8, 4) is 5.75 Å². The number of nitrogens with one attached hydrogen (secondary N) is 5. The number of Topliss-reactive ketones (excluding diaryl/α,β-unsaturated/α-hetero) is 3. The van der Waals surface area contributed by atoms with Gasteiger partial charge < -0.3 is 85.5 Å². The Morgan fingerprint density at radius 2 is 1.57 bits per heavy atom. The number of H-pyrrole nitrogens is 2. The summed E-state index contributed by atoms with van der Waals surface area (Å²) in [5.41, 5.74) is 1.95. The first-order valence-corrected chi connectivity index (χ1v) is 45.5. The van der Waals surface area contributed by atoms with Gasteiger partial charge in [0.1, 0.15) is 36.4 Å². The number of hydrogen-bond acceptors (Lipinski definition) is 26. The minimum Gasteiger partial charge on any atom is -0.496 e. The van der Waals surface area contributed by atoms with Gasteiger partial charge in [0.25, 0.3) is 5.56 Å². The van der Waals surface area contributed by atoms with Crippen LogP contribution < -0.4 is 31.1 Å². The monoisotopic (exact) mass is 1720 g/mol. The van der Waals surface area contributed by atoms with Crippen molar-refractivity contribution < 1.29 is 93.0 Å². The van der Waals surface area contributed by atoms with Gasteiger partial charge >= 0.3 is 18.0 Å². The zero-order valence-corrected chi connectivity index (χ0v) is 72.0. The Balaban J connectivity index is 0.608. The Bertz CT molecular complexity index is 4920. The molecule has 31 nitrogen and oxygen atoms in total. The number of methoxy groups -OCH3 is 1. The maximum atomic E-state index is 15.4. The van der Waals surface area contributed by atoms with E-state index in [1.54, 1.807) is 32.4 Å². The number of ether oxygens (including phenoxy) is 4. The van der Waals surface area contributed by atoms with Gasteiger partial charge in [-0.1, -0.05) is 116 Å². The number of aromatic amines is 2. The molecule has 3 amide bonds. The average molecular weight is 1730 g/mol. The number of nitrogens with zero attached hydrogens (tertiary/aromatic N) is 6. The second-order valence-corrected chi connectivity index (χ2v) is 37.2. The largest absolute Gasteiger partial charge is 0.496 e. The van der Waals surface area contributed by atoms with E-state index >= 15 is 4.79 Å². The summed E-state index contributed by atoms with van der Waals surface area (Å²) in [4.78, 5) is 147. The third-order valence-corrected chi connectivity index (χ3v) is 29.1. The van der Waals surface area contributed by atoms with Gasteiger partial charge in [-0.15, -0.1) is 0 Å². The molecule has 1 aliphatic carbocycles. The number of aliphatic hydroxyl groups excluding tert-OH is 3. The second-order valence-electron chi connectivity index (χ2n) is 34.6. The number of piperidine rings is 1.